The summed E-state index contributed by atoms with van der Waals surface area (Å²) in [6, 6.07) is 0.614. The van der Waals surface area contributed by atoms with E-state index in [1.807, 2.05) is 0 Å². The number of hydrogen-bond donors (Lipinski definition) is 2. The monoisotopic (exact) mass is 197 g/mol. The number of aliphatic hydroxyl groups excluding tert-OH is 1. The quantitative estimate of drug-likeness (QED) is 0.674. The van der Waals surface area contributed by atoms with Crippen LogP contribution >= 0.6 is 0 Å². The molecule has 2 heteroatoms. The number of rotatable bonds is 1. The van der Waals surface area contributed by atoms with Crippen molar-refractivity contribution >= 4 is 0 Å². The first kappa shape index (κ1) is 10.4. The van der Waals surface area contributed by atoms with E-state index in [2.05, 4.69) is 5.32 Å². The van der Waals surface area contributed by atoms with Gasteiger partial charge in [0.05, 0.1) is 6.10 Å². The van der Waals surface area contributed by atoms with Gasteiger partial charge in [-0.25, -0.2) is 0 Å². The molecule has 82 valence electrons. The highest BCUT2D eigenvalue weighted by Crippen LogP contribution is 2.28. The van der Waals surface area contributed by atoms with Crippen LogP contribution in [0.4, 0.5) is 0 Å². The summed E-state index contributed by atoms with van der Waals surface area (Å²) in [7, 11) is 0. The highest BCUT2D eigenvalue weighted by atomic mass is 16.3. The van der Waals surface area contributed by atoms with Crippen molar-refractivity contribution in [1.82, 2.24) is 5.32 Å². The second-order valence-corrected chi connectivity index (χ2v) is 5.01. The van der Waals surface area contributed by atoms with Crippen LogP contribution in [0.15, 0.2) is 0 Å². The Labute approximate surface area is 87.1 Å². The van der Waals surface area contributed by atoms with E-state index in [1.54, 1.807) is 0 Å². The van der Waals surface area contributed by atoms with Crippen molar-refractivity contribution in [3.05, 3.63) is 0 Å². The molecule has 1 heterocycles. The lowest BCUT2D eigenvalue weighted by Gasteiger charge is -2.25. The zero-order chi connectivity index (χ0) is 9.80. The lowest BCUT2D eigenvalue weighted by molar-refractivity contribution is 0.186. The van der Waals surface area contributed by atoms with Gasteiger partial charge in [0, 0.05) is 12.6 Å². The molecule has 2 rings (SSSR count). The molecule has 2 atom stereocenters. The topological polar surface area (TPSA) is 32.3 Å². The Bertz CT molecular complexity index is 164. The number of aliphatic hydroxyl groups is 1. The Morgan fingerprint density at radius 1 is 0.929 bits per heavy atom. The summed E-state index contributed by atoms with van der Waals surface area (Å²) in [6.45, 7) is 0.821. The molecule has 0 aromatic carbocycles. The second kappa shape index (κ2) is 5.13. The lowest BCUT2D eigenvalue weighted by atomic mass is 9.85. The summed E-state index contributed by atoms with van der Waals surface area (Å²) in [5, 5.41) is 13.0. The van der Waals surface area contributed by atoms with Gasteiger partial charge in [-0.15, -0.1) is 0 Å². The van der Waals surface area contributed by atoms with Crippen molar-refractivity contribution in [2.75, 3.05) is 6.54 Å². The Morgan fingerprint density at radius 2 is 1.57 bits per heavy atom. The van der Waals surface area contributed by atoms with Crippen LogP contribution < -0.4 is 5.32 Å². The normalized spacial score (nSPS) is 36.6. The fourth-order valence-electron chi connectivity index (χ4n) is 3.00. The van der Waals surface area contributed by atoms with E-state index in [-0.39, 0.29) is 6.10 Å². The van der Waals surface area contributed by atoms with Gasteiger partial charge in [0.25, 0.3) is 0 Å². The summed E-state index contributed by atoms with van der Waals surface area (Å²) in [5.41, 5.74) is 0. The second-order valence-electron chi connectivity index (χ2n) is 5.01. The number of hydrogen-bond acceptors (Lipinski definition) is 2. The smallest absolute Gasteiger partial charge is 0.0679 e. The Morgan fingerprint density at radius 3 is 2.14 bits per heavy atom. The van der Waals surface area contributed by atoms with Crippen molar-refractivity contribution in [1.29, 1.82) is 0 Å². The molecule has 2 unspecified atom stereocenters. The van der Waals surface area contributed by atoms with Crippen LogP contribution in [-0.4, -0.2) is 23.8 Å². The minimum atomic E-state index is -0.0783. The molecule has 0 aromatic heterocycles. The molecule has 2 aliphatic rings. The van der Waals surface area contributed by atoms with Gasteiger partial charge in [-0.1, -0.05) is 32.1 Å². The molecule has 14 heavy (non-hydrogen) atoms. The van der Waals surface area contributed by atoms with Crippen LogP contribution in [0.2, 0.25) is 0 Å². The van der Waals surface area contributed by atoms with Crippen molar-refractivity contribution in [3.63, 3.8) is 0 Å². The number of β-amino-alcohol motifs (C(OH)–C–C–N with tert-alkyl or cyclic N) is 1. The summed E-state index contributed by atoms with van der Waals surface area (Å²) in [4.78, 5) is 0. The standard InChI is InChI=1S/C12H23NO/c14-11-8-12(13-9-11)10-6-4-2-1-3-5-7-10/h10-14H,1-9H2. The van der Waals surface area contributed by atoms with E-state index in [0.717, 1.165) is 18.9 Å². The van der Waals surface area contributed by atoms with E-state index in [4.69, 9.17) is 0 Å². The van der Waals surface area contributed by atoms with E-state index < -0.39 is 0 Å². The fourth-order valence-corrected chi connectivity index (χ4v) is 3.00. The van der Waals surface area contributed by atoms with Gasteiger partial charge < -0.3 is 10.4 Å². The zero-order valence-electron chi connectivity index (χ0n) is 9.04. The third-order valence-corrected chi connectivity index (χ3v) is 3.86. The van der Waals surface area contributed by atoms with E-state index in [0.29, 0.717) is 6.04 Å². The molecular formula is C12H23NO. The van der Waals surface area contributed by atoms with Gasteiger partial charge in [-0.2, -0.15) is 0 Å². The van der Waals surface area contributed by atoms with Gasteiger partial charge in [0.1, 0.15) is 0 Å². The van der Waals surface area contributed by atoms with Crippen molar-refractivity contribution < 1.29 is 5.11 Å². The highest BCUT2D eigenvalue weighted by molar-refractivity contribution is 4.86. The molecule has 1 aliphatic heterocycles. The molecule has 2 N–H and O–H groups in total. The van der Waals surface area contributed by atoms with Gasteiger partial charge in [0.15, 0.2) is 0 Å². The van der Waals surface area contributed by atoms with Crippen molar-refractivity contribution in [2.24, 2.45) is 5.92 Å². The average Bonchev–Trinajstić information content (AvgIpc) is 2.51. The Balaban J connectivity index is 1.81. The summed E-state index contributed by atoms with van der Waals surface area (Å²) >= 11 is 0. The summed E-state index contributed by atoms with van der Waals surface area (Å²) in [6.07, 6.45) is 10.8. The molecule has 1 saturated carbocycles. The molecule has 0 radical (unpaired) electrons. The van der Waals surface area contributed by atoms with Crippen LogP contribution in [0.25, 0.3) is 0 Å². The summed E-state index contributed by atoms with van der Waals surface area (Å²) in [5.74, 6) is 0.840. The largest absolute Gasteiger partial charge is 0.392 e. The van der Waals surface area contributed by atoms with Gasteiger partial charge in [-0.3, -0.25) is 0 Å². The number of nitrogens with one attached hydrogen (secondary N) is 1. The van der Waals surface area contributed by atoms with Crippen molar-refractivity contribution in [3.8, 4) is 0 Å². The first-order valence-electron chi connectivity index (χ1n) is 6.28. The van der Waals surface area contributed by atoms with Crippen LogP contribution in [0, 0.1) is 5.92 Å². The molecular weight excluding hydrogens is 174 g/mol. The molecule has 2 fully saturated rings. The van der Waals surface area contributed by atoms with Gasteiger partial charge >= 0.3 is 0 Å². The maximum absolute atomic E-state index is 9.49. The van der Waals surface area contributed by atoms with Gasteiger partial charge in [-0.05, 0) is 25.2 Å². The van der Waals surface area contributed by atoms with E-state index in [9.17, 15) is 5.11 Å². The molecule has 1 saturated heterocycles. The maximum atomic E-state index is 9.49. The first-order chi connectivity index (χ1) is 6.86. The van der Waals surface area contributed by atoms with Crippen molar-refractivity contribution in [2.45, 2.75) is 63.5 Å². The Kier molecular flexibility index (Phi) is 3.82. The molecule has 0 bridgehead atoms. The fraction of sp³-hybridized carbons (Fsp3) is 1.00. The highest BCUT2D eigenvalue weighted by Gasteiger charge is 2.28. The molecule has 0 aromatic rings. The van der Waals surface area contributed by atoms with Crippen LogP contribution in [0.5, 0.6) is 0 Å². The van der Waals surface area contributed by atoms with Crippen LogP contribution in [0.1, 0.15) is 51.4 Å². The average molecular weight is 197 g/mol. The van der Waals surface area contributed by atoms with E-state index in [1.165, 1.54) is 44.9 Å². The molecule has 0 amide bonds. The SMILES string of the molecule is OC1CNC(C2CCCCCCC2)C1. The van der Waals surface area contributed by atoms with Gasteiger partial charge in [0.2, 0.25) is 0 Å². The molecule has 1 aliphatic carbocycles. The first-order valence-corrected chi connectivity index (χ1v) is 6.28. The van der Waals surface area contributed by atoms with Crippen LogP contribution in [0.3, 0.4) is 0 Å². The molecule has 0 spiro atoms. The minimum Gasteiger partial charge on any atom is -0.392 e. The van der Waals surface area contributed by atoms with Crippen LogP contribution in [-0.2, 0) is 0 Å². The third-order valence-electron chi connectivity index (χ3n) is 3.86. The predicted octanol–water partition coefficient (Wildman–Crippen LogP) is 2.07. The third kappa shape index (κ3) is 2.71. The zero-order valence-corrected chi connectivity index (χ0v) is 9.04. The molecule has 2 nitrogen and oxygen atoms in total. The maximum Gasteiger partial charge on any atom is 0.0679 e. The summed E-state index contributed by atoms with van der Waals surface area (Å²) < 4.78 is 0. The Hall–Kier alpha value is -0.0800. The van der Waals surface area contributed by atoms with E-state index >= 15 is 0 Å². The predicted molar refractivity (Wildman–Crippen MR) is 58.2 cm³/mol. The lowest BCUT2D eigenvalue weighted by Crippen LogP contribution is -2.30. The minimum absolute atomic E-state index is 0.0783.